The molecule has 2 aliphatic carbocycles. The lowest BCUT2D eigenvalue weighted by Gasteiger charge is -2.50. The highest BCUT2D eigenvalue weighted by Crippen LogP contribution is 2.65. The van der Waals surface area contributed by atoms with Gasteiger partial charge in [-0.05, 0) is 103 Å². The van der Waals surface area contributed by atoms with Gasteiger partial charge in [0.15, 0.2) is 0 Å². The maximum absolute atomic E-state index is 15.2. The van der Waals surface area contributed by atoms with Crippen molar-refractivity contribution in [1.29, 1.82) is 0 Å². The molecule has 10 nitrogen and oxygen atoms in total. The summed E-state index contributed by atoms with van der Waals surface area (Å²) in [7, 11) is 1.48. The highest BCUT2D eigenvalue weighted by Gasteiger charge is 2.70. The molecule has 0 radical (unpaired) electrons. The number of halogens is 2. The Hall–Kier alpha value is -5.68. The van der Waals surface area contributed by atoms with Crippen LogP contribution in [-0.2, 0) is 31.0 Å². The highest BCUT2D eigenvalue weighted by atomic mass is 35.5. The first kappa shape index (κ1) is 34.4. The number of ether oxygens (including phenoxy) is 1. The van der Waals surface area contributed by atoms with E-state index in [0.717, 1.165) is 10.6 Å². The Morgan fingerprint density at radius 3 is 2.30 bits per heavy atom. The van der Waals surface area contributed by atoms with Crippen molar-refractivity contribution in [2.75, 3.05) is 19.1 Å². The molecule has 2 heterocycles. The molecule has 3 fully saturated rings. The Morgan fingerprint density at radius 1 is 0.887 bits per heavy atom. The fourth-order valence-corrected chi connectivity index (χ4v) is 9.21. The fraction of sp³-hybridized carbons (Fsp3) is 0.268. The third kappa shape index (κ3) is 5.44. The first-order valence-electron chi connectivity index (χ1n) is 17.4. The first-order chi connectivity index (χ1) is 25.5. The average Bonchev–Trinajstić information content (AvgIpc) is 3.53. The van der Waals surface area contributed by atoms with Crippen molar-refractivity contribution in [3.05, 3.63) is 130 Å². The zero-order chi connectivity index (χ0) is 37.2. The van der Waals surface area contributed by atoms with E-state index in [1.165, 1.54) is 42.3 Å². The van der Waals surface area contributed by atoms with Gasteiger partial charge in [0.2, 0.25) is 11.8 Å². The Balaban J connectivity index is 1.27. The first-order valence-corrected chi connectivity index (χ1v) is 17.8. The van der Waals surface area contributed by atoms with E-state index in [9.17, 15) is 29.0 Å². The van der Waals surface area contributed by atoms with E-state index in [4.69, 9.17) is 16.3 Å². The van der Waals surface area contributed by atoms with Crippen molar-refractivity contribution in [1.82, 2.24) is 9.91 Å². The van der Waals surface area contributed by atoms with Crippen LogP contribution >= 0.6 is 11.6 Å². The molecule has 2 saturated heterocycles. The van der Waals surface area contributed by atoms with Gasteiger partial charge in [0.05, 0.1) is 36.0 Å². The monoisotopic (exact) mass is 735 g/mol. The van der Waals surface area contributed by atoms with Crippen molar-refractivity contribution in [3.63, 3.8) is 0 Å². The number of fused-ring (bicyclic) bond motifs is 4. The lowest BCUT2D eigenvalue weighted by Crippen LogP contribution is -2.53. The molecule has 8 rings (SSSR count). The Morgan fingerprint density at radius 2 is 1.60 bits per heavy atom. The van der Waals surface area contributed by atoms with E-state index in [-0.39, 0.29) is 42.7 Å². The minimum absolute atomic E-state index is 0.0633. The van der Waals surface area contributed by atoms with Gasteiger partial charge >= 0.3 is 0 Å². The molecule has 4 aliphatic rings. The number of hydrazine groups is 1. The molecule has 0 bridgehead atoms. The minimum atomic E-state index is -1.64. The van der Waals surface area contributed by atoms with Gasteiger partial charge in [0.25, 0.3) is 11.8 Å². The van der Waals surface area contributed by atoms with E-state index in [2.05, 4.69) is 5.43 Å². The molecule has 0 aromatic heterocycles. The molecular weight excluding hydrogens is 701 g/mol. The molecule has 53 heavy (non-hydrogen) atoms. The molecule has 270 valence electrons. The van der Waals surface area contributed by atoms with Gasteiger partial charge in [0.1, 0.15) is 23.1 Å². The summed E-state index contributed by atoms with van der Waals surface area (Å²) in [5, 5.41) is 22.7. The third-order valence-corrected chi connectivity index (χ3v) is 11.7. The van der Waals surface area contributed by atoms with Crippen LogP contribution in [0.4, 0.5) is 10.1 Å². The standard InChI is InChI=1S/C41H35ClFN3O7/c1-53-28-14-17-34(48)32(20-28)36-29-15-16-30-35(39(51)45(37(30)49)19-18-22-2-12-27(47)13-3-22)31(29)21-33-38(50)46(44-26-10-8-25(43)9-11-26)40(52)41(33,36)23-4-6-24(42)7-5-23/h2-15,17,20,30-31,33,35-36,44,47-48H,16,18-19,21H2,1H3. The molecule has 12 heteroatoms. The minimum Gasteiger partial charge on any atom is -0.508 e. The molecule has 2 aliphatic heterocycles. The SMILES string of the molecule is COc1ccc(O)c(C2C3=CCC4C(=O)N(CCc5ccc(O)cc5)C(=O)C4C3CC3C(=O)N(Nc4ccc(F)cc4)C(=O)C32c2ccc(Cl)cc2)c1. The van der Waals surface area contributed by atoms with Crippen molar-refractivity contribution in [2.24, 2.45) is 23.7 Å². The molecule has 4 aromatic carbocycles. The number of allylic oxidation sites excluding steroid dienone is 2. The normalized spacial score (nSPS) is 26.2. The second kappa shape index (κ2) is 13.1. The van der Waals surface area contributed by atoms with Crippen molar-refractivity contribution < 1.29 is 38.5 Å². The van der Waals surface area contributed by atoms with Gasteiger partial charge in [-0.3, -0.25) is 29.5 Å². The molecule has 1 saturated carbocycles. The predicted molar refractivity (Wildman–Crippen MR) is 192 cm³/mol. The molecule has 4 aromatic rings. The zero-order valence-electron chi connectivity index (χ0n) is 28.5. The number of anilines is 1. The summed E-state index contributed by atoms with van der Waals surface area (Å²) in [6.07, 6.45) is 2.58. The quantitative estimate of drug-likeness (QED) is 0.145. The Labute approximate surface area is 309 Å². The number of phenols is 2. The lowest BCUT2D eigenvalue weighted by molar-refractivity contribution is -0.141. The predicted octanol–water partition coefficient (Wildman–Crippen LogP) is 6.13. The summed E-state index contributed by atoms with van der Waals surface area (Å²) in [5.74, 6) is -6.06. The van der Waals surface area contributed by atoms with Crippen LogP contribution < -0.4 is 10.2 Å². The number of likely N-dealkylation sites (tertiary alicyclic amines) is 1. The number of imide groups is 2. The number of hydrogen-bond donors (Lipinski definition) is 3. The maximum atomic E-state index is 15.2. The molecular formula is C41H35ClFN3O7. The van der Waals surface area contributed by atoms with Crippen LogP contribution in [0.5, 0.6) is 17.2 Å². The van der Waals surface area contributed by atoms with Crippen LogP contribution in [0.15, 0.2) is 103 Å². The van der Waals surface area contributed by atoms with Gasteiger partial charge in [-0.1, -0.05) is 47.5 Å². The van der Waals surface area contributed by atoms with Gasteiger partial charge in [0, 0.05) is 23.0 Å². The van der Waals surface area contributed by atoms with E-state index < -0.39 is 52.6 Å². The molecule has 0 spiro atoms. The van der Waals surface area contributed by atoms with Gasteiger partial charge in [-0.15, -0.1) is 0 Å². The second-order valence-electron chi connectivity index (χ2n) is 14.0. The summed E-state index contributed by atoms with van der Waals surface area (Å²) in [6.45, 7) is 0.141. The van der Waals surface area contributed by atoms with E-state index in [1.807, 2.05) is 6.08 Å². The third-order valence-electron chi connectivity index (χ3n) is 11.5. The lowest BCUT2D eigenvalue weighted by atomic mass is 9.49. The van der Waals surface area contributed by atoms with Crippen LogP contribution in [0.25, 0.3) is 0 Å². The number of carbonyl (C=O) groups is 4. The topological polar surface area (TPSA) is 136 Å². The highest BCUT2D eigenvalue weighted by molar-refractivity contribution is 6.30. The summed E-state index contributed by atoms with van der Waals surface area (Å²) in [4.78, 5) is 59.6. The van der Waals surface area contributed by atoms with Gasteiger partial charge in [-0.2, -0.15) is 5.01 Å². The van der Waals surface area contributed by atoms with Crippen LogP contribution in [0, 0.1) is 29.5 Å². The fourth-order valence-electron chi connectivity index (χ4n) is 9.08. The summed E-state index contributed by atoms with van der Waals surface area (Å²) in [6, 6.07) is 23.2. The van der Waals surface area contributed by atoms with E-state index in [1.54, 1.807) is 60.7 Å². The van der Waals surface area contributed by atoms with Crippen LogP contribution in [0.1, 0.15) is 35.4 Å². The average molecular weight is 736 g/mol. The number of phenolic OH excluding ortho intramolecular Hbond substituents is 2. The number of aromatic hydroxyl groups is 2. The number of nitrogens with one attached hydrogen (secondary N) is 1. The molecule has 4 amide bonds. The number of rotatable bonds is 8. The summed E-state index contributed by atoms with van der Waals surface area (Å²) in [5.41, 5.74) is 3.90. The molecule has 6 unspecified atom stereocenters. The van der Waals surface area contributed by atoms with Crippen molar-refractivity contribution >= 4 is 40.9 Å². The van der Waals surface area contributed by atoms with Crippen LogP contribution in [-0.4, -0.2) is 57.4 Å². The van der Waals surface area contributed by atoms with E-state index >= 15 is 4.79 Å². The molecule has 6 atom stereocenters. The number of methoxy groups -OCH3 is 1. The van der Waals surface area contributed by atoms with Crippen molar-refractivity contribution in [3.8, 4) is 17.2 Å². The zero-order valence-corrected chi connectivity index (χ0v) is 29.3. The number of benzene rings is 4. The Kier molecular flexibility index (Phi) is 8.48. The number of carbonyl (C=O) groups excluding carboxylic acids is 4. The van der Waals surface area contributed by atoms with Crippen molar-refractivity contribution in [2.45, 2.75) is 30.6 Å². The number of hydrogen-bond acceptors (Lipinski definition) is 8. The smallest absolute Gasteiger partial charge is 0.260 e. The Bertz CT molecular complexity index is 2180. The van der Waals surface area contributed by atoms with Gasteiger partial charge in [-0.25, -0.2) is 4.39 Å². The largest absolute Gasteiger partial charge is 0.508 e. The maximum Gasteiger partial charge on any atom is 0.260 e. The van der Waals surface area contributed by atoms with E-state index in [0.29, 0.717) is 39.6 Å². The van der Waals surface area contributed by atoms with Gasteiger partial charge < -0.3 is 14.9 Å². The number of nitrogens with zero attached hydrogens (tertiary/aromatic N) is 2. The molecule has 3 N–H and O–H groups in total. The summed E-state index contributed by atoms with van der Waals surface area (Å²) >= 11 is 6.35. The van der Waals surface area contributed by atoms with Crippen LogP contribution in [0.2, 0.25) is 5.02 Å². The summed E-state index contributed by atoms with van der Waals surface area (Å²) < 4.78 is 19.4. The number of amides is 4. The van der Waals surface area contributed by atoms with Crippen LogP contribution in [0.3, 0.4) is 0 Å². The second-order valence-corrected chi connectivity index (χ2v) is 14.5.